The summed E-state index contributed by atoms with van der Waals surface area (Å²) in [6.45, 7) is 0. The molecule has 1 amide bonds. The predicted molar refractivity (Wildman–Crippen MR) is 80.3 cm³/mol. The molecule has 1 aliphatic heterocycles. The smallest absolute Gasteiger partial charge is 0.338 e. The van der Waals surface area contributed by atoms with Gasteiger partial charge < -0.3 is 4.74 Å². The van der Waals surface area contributed by atoms with Crippen LogP contribution >= 0.6 is 0 Å². The molecule has 1 aliphatic rings. The zero-order chi connectivity index (χ0) is 16.2. The number of rotatable bonds is 4. The highest BCUT2D eigenvalue weighted by molar-refractivity contribution is 7.91. The minimum atomic E-state index is -3.11. The van der Waals surface area contributed by atoms with E-state index in [0.29, 0.717) is 17.5 Å². The first kappa shape index (κ1) is 16.2. The van der Waals surface area contributed by atoms with Gasteiger partial charge >= 0.3 is 5.97 Å². The Morgan fingerprint density at radius 3 is 2.73 bits per heavy atom. The Morgan fingerprint density at radius 1 is 1.36 bits per heavy atom. The highest BCUT2D eigenvalue weighted by Gasteiger charge is 2.32. The van der Waals surface area contributed by atoms with Gasteiger partial charge in [0.2, 0.25) is 5.91 Å². The molecule has 1 N–H and O–H groups in total. The molecule has 1 aromatic rings. The van der Waals surface area contributed by atoms with E-state index in [9.17, 15) is 18.0 Å². The number of sulfone groups is 1. The molecule has 0 aromatic heterocycles. The number of ether oxygens (including phenoxy) is 1. The minimum Gasteiger partial charge on any atom is -0.465 e. The van der Waals surface area contributed by atoms with Gasteiger partial charge in [-0.05, 0) is 12.5 Å². The number of carbonyl (C=O) groups excluding carboxylic acids is 2. The number of benzene rings is 1. The van der Waals surface area contributed by atoms with Gasteiger partial charge in [-0.2, -0.15) is 5.10 Å². The van der Waals surface area contributed by atoms with Gasteiger partial charge in [0, 0.05) is 5.56 Å². The van der Waals surface area contributed by atoms with Crippen LogP contribution in [0.1, 0.15) is 22.3 Å². The Morgan fingerprint density at radius 2 is 2.09 bits per heavy atom. The molecule has 1 saturated heterocycles. The molecule has 0 saturated carbocycles. The van der Waals surface area contributed by atoms with Gasteiger partial charge in [-0.1, -0.05) is 18.2 Å². The zero-order valence-electron chi connectivity index (χ0n) is 12.0. The summed E-state index contributed by atoms with van der Waals surface area (Å²) >= 11 is 0. The fourth-order valence-electron chi connectivity index (χ4n) is 2.16. The third-order valence-corrected chi connectivity index (χ3v) is 5.12. The van der Waals surface area contributed by atoms with Crippen molar-refractivity contribution in [2.24, 2.45) is 11.0 Å². The number of hydrazone groups is 1. The van der Waals surface area contributed by atoms with Crippen LogP contribution in [0.15, 0.2) is 29.4 Å². The summed E-state index contributed by atoms with van der Waals surface area (Å²) in [6.07, 6.45) is 1.63. The van der Waals surface area contributed by atoms with E-state index in [1.807, 2.05) is 0 Å². The number of methoxy groups -OCH3 is 1. The summed E-state index contributed by atoms with van der Waals surface area (Å²) < 4.78 is 27.3. The third-order valence-electron chi connectivity index (χ3n) is 3.35. The van der Waals surface area contributed by atoms with Crippen molar-refractivity contribution in [2.75, 3.05) is 18.6 Å². The molecule has 8 heteroatoms. The van der Waals surface area contributed by atoms with Crippen LogP contribution in [0.2, 0.25) is 0 Å². The molecule has 7 nitrogen and oxygen atoms in total. The monoisotopic (exact) mass is 324 g/mol. The predicted octanol–water partition coefficient (Wildman–Crippen LogP) is 0.358. The molecule has 1 atom stereocenters. The molecule has 0 spiro atoms. The summed E-state index contributed by atoms with van der Waals surface area (Å²) in [5.41, 5.74) is 3.13. The van der Waals surface area contributed by atoms with Crippen molar-refractivity contribution >= 4 is 27.9 Å². The van der Waals surface area contributed by atoms with Crippen LogP contribution in [0, 0.1) is 5.92 Å². The van der Waals surface area contributed by atoms with Crippen molar-refractivity contribution in [2.45, 2.75) is 6.42 Å². The highest BCUT2D eigenvalue weighted by Crippen LogP contribution is 2.18. The second-order valence-electron chi connectivity index (χ2n) is 4.91. The molecule has 1 aromatic carbocycles. The molecule has 0 unspecified atom stereocenters. The van der Waals surface area contributed by atoms with Crippen LogP contribution in [0.5, 0.6) is 0 Å². The number of esters is 1. The van der Waals surface area contributed by atoms with Crippen molar-refractivity contribution in [3.05, 3.63) is 35.4 Å². The summed E-state index contributed by atoms with van der Waals surface area (Å²) in [4.78, 5) is 23.4. The molecule has 1 heterocycles. The van der Waals surface area contributed by atoms with E-state index in [-0.39, 0.29) is 11.5 Å². The van der Waals surface area contributed by atoms with Crippen molar-refractivity contribution in [1.29, 1.82) is 0 Å². The molecule has 2 rings (SSSR count). The lowest BCUT2D eigenvalue weighted by Crippen LogP contribution is -2.27. The summed E-state index contributed by atoms with van der Waals surface area (Å²) in [5.74, 6) is -1.63. The molecular formula is C14H16N2O5S. The zero-order valence-corrected chi connectivity index (χ0v) is 12.8. The molecular weight excluding hydrogens is 308 g/mol. The van der Waals surface area contributed by atoms with Crippen LogP contribution in [-0.2, 0) is 19.4 Å². The fourth-order valence-corrected chi connectivity index (χ4v) is 3.91. The topological polar surface area (TPSA) is 102 Å². The molecule has 0 aliphatic carbocycles. The highest BCUT2D eigenvalue weighted by atomic mass is 32.2. The third kappa shape index (κ3) is 3.91. The fraction of sp³-hybridized carbons (Fsp3) is 0.357. The van der Waals surface area contributed by atoms with Gasteiger partial charge in [0.25, 0.3) is 0 Å². The number of nitrogens with one attached hydrogen (secondary N) is 1. The van der Waals surface area contributed by atoms with E-state index < -0.39 is 27.6 Å². The lowest BCUT2D eigenvalue weighted by atomic mass is 10.1. The molecule has 0 bridgehead atoms. The van der Waals surface area contributed by atoms with E-state index in [4.69, 9.17) is 0 Å². The number of hydrogen-bond acceptors (Lipinski definition) is 6. The van der Waals surface area contributed by atoms with E-state index in [1.54, 1.807) is 24.3 Å². The van der Waals surface area contributed by atoms with Gasteiger partial charge in [-0.15, -0.1) is 0 Å². The van der Waals surface area contributed by atoms with Gasteiger partial charge in [0.15, 0.2) is 9.84 Å². The number of hydrogen-bond donors (Lipinski definition) is 1. The lowest BCUT2D eigenvalue weighted by Gasteiger charge is -2.05. The van der Waals surface area contributed by atoms with Crippen molar-refractivity contribution in [3.63, 3.8) is 0 Å². The van der Waals surface area contributed by atoms with E-state index in [2.05, 4.69) is 15.3 Å². The standard InChI is InChI=1S/C14H16N2O5S/c1-21-14(18)12-5-3-2-4-10(12)8-15-16-13(17)11-6-7-22(19,20)9-11/h2-5,8,11H,6-7,9H2,1H3,(H,16,17)/b15-8-/t11-/m0/s1. The van der Waals surface area contributed by atoms with E-state index in [0.717, 1.165) is 0 Å². The second-order valence-corrected chi connectivity index (χ2v) is 7.14. The normalized spacial score (nSPS) is 20.0. The van der Waals surface area contributed by atoms with Gasteiger partial charge in [-0.25, -0.2) is 18.6 Å². The van der Waals surface area contributed by atoms with Crippen LogP contribution < -0.4 is 5.43 Å². The van der Waals surface area contributed by atoms with Crippen molar-refractivity contribution < 1.29 is 22.7 Å². The average molecular weight is 324 g/mol. The van der Waals surface area contributed by atoms with E-state index >= 15 is 0 Å². The summed E-state index contributed by atoms with van der Waals surface area (Å²) in [5, 5.41) is 3.78. The number of carbonyl (C=O) groups is 2. The Balaban J connectivity index is 2.01. The van der Waals surface area contributed by atoms with Crippen LogP contribution in [0.3, 0.4) is 0 Å². The molecule has 0 radical (unpaired) electrons. The minimum absolute atomic E-state index is 0.0278. The van der Waals surface area contributed by atoms with Gasteiger partial charge in [0.1, 0.15) is 0 Å². The maximum Gasteiger partial charge on any atom is 0.338 e. The molecule has 22 heavy (non-hydrogen) atoms. The quantitative estimate of drug-likeness (QED) is 0.489. The maximum absolute atomic E-state index is 11.8. The maximum atomic E-state index is 11.8. The largest absolute Gasteiger partial charge is 0.465 e. The van der Waals surface area contributed by atoms with Crippen LogP contribution in [0.25, 0.3) is 0 Å². The molecule has 1 fully saturated rings. The Hall–Kier alpha value is -2.22. The first-order valence-corrected chi connectivity index (χ1v) is 8.46. The first-order chi connectivity index (χ1) is 10.4. The first-order valence-electron chi connectivity index (χ1n) is 6.63. The van der Waals surface area contributed by atoms with Gasteiger partial charge in [-0.3, -0.25) is 4.79 Å². The summed E-state index contributed by atoms with van der Waals surface area (Å²) in [6, 6.07) is 6.64. The molecule has 118 valence electrons. The van der Waals surface area contributed by atoms with Crippen LogP contribution in [0.4, 0.5) is 0 Å². The van der Waals surface area contributed by atoms with Gasteiger partial charge in [0.05, 0.1) is 36.3 Å². The lowest BCUT2D eigenvalue weighted by molar-refractivity contribution is -0.124. The number of amides is 1. The average Bonchev–Trinajstić information content (AvgIpc) is 2.87. The van der Waals surface area contributed by atoms with Crippen LogP contribution in [-0.4, -0.2) is 45.1 Å². The number of nitrogens with zero attached hydrogens (tertiary/aromatic N) is 1. The Kier molecular flexibility index (Phi) is 4.92. The second kappa shape index (κ2) is 6.69. The Bertz CT molecular complexity index is 712. The van der Waals surface area contributed by atoms with Crippen molar-refractivity contribution in [3.8, 4) is 0 Å². The Labute approximate surface area is 128 Å². The van der Waals surface area contributed by atoms with E-state index in [1.165, 1.54) is 13.3 Å². The summed E-state index contributed by atoms with van der Waals surface area (Å²) in [7, 11) is -1.84. The SMILES string of the molecule is COC(=O)c1ccccc1/C=N\NC(=O)[C@H]1CCS(=O)(=O)C1. The van der Waals surface area contributed by atoms with Crippen molar-refractivity contribution in [1.82, 2.24) is 5.43 Å².